The molecule has 3 heterocycles. The van der Waals surface area contributed by atoms with Crippen molar-refractivity contribution in [3.63, 3.8) is 0 Å². The number of fused-ring (bicyclic) bond motifs is 5. The van der Waals surface area contributed by atoms with Crippen molar-refractivity contribution >= 4 is 16.9 Å². The van der Waals surface area contributed by atoms with Gasteiger partial charge >= 0.3 is 0 Å². The van der Waals surface area contributed by atoms with E-state index in [1.165, 1.54) is 30.5 Å². The summed E-state index contributed by atoms with van der Waals surface area (Å²) in [5.41, 5.74) is 2.09. The SMILES string of the molecule is Cc1nn(C)c2nn3c(c12)NCC1CCCC13. The number of rotatable bonds is 0. The van der Waals surface area contributed by atoms with Crippen LogP contribution in [-0.2, 0) is 7.05 Å². The van der Waals surface area contributed by atoms with Gasteiger partial charge in [0, 0.05) is 13.6 Å². The normalized spacial score (nSPS) is 26.9. The first kappa shape index (κ1) is 9.50. The van der Waals surface area contributed by atoms with Gasteiger partial charge in [-0.15, -0.1) is 0 Å². The summed E-state index contributed by atoms with van der Waals surface area (Å²) < 4.78 is 4.11. The van der Waals surface area contributed by atoms with Crippen molar-refractivity contribution in [3.05, 3.63) is 5.69 Å². The lowest BCUT2D eigenvalue weighted by atomic mass is 10.0. The Balaban J connectivity index is 1.99. The molecule has 0 radical (unpaired) electrons. The predicted octanol–water partition coefficient (Wildman–Crippen LogP) is 1.84. The molecule has 2 unspecified atom stereocenters. The number of anilines is 1. The van der Waals surface area contributed by atoms with E-state index in [1.54, 1.807) is 0 Å². The molecule has 4 rings (SSSR count). The van der Waals surface area contributed by atoms with Gasteiger partial charge in [0.2, 0.25) is 0 Å². The van der Waals surface area contributed by atoms with Gasteiger partial charge in [0.1, 0.15) is 5.82 Å². The molecule has 0 amide bonds. The van der Waals surface area contributed by atoms with E-state index in [0.717, 1.165) is 23.8 Å². The van der Waals surface area contributed by atoms with Crippen LogP contribution in [0.3, 0.4) is 0 Å². The molecule has 5 heteroatoms. The molecule has 1 N–H and O–H groups in total. The second kappa shape index (κ2) is 3.03. The highest BCUT2D eigenvalue weighted by Gasteiger charge is 2.36. The van der Waals surface area contributed by atoms with Gasteiger partial charge in [-0.05, 0) is 25.7 Å². The Morgan fingerprint density at radius 1 is 1.29 bits per heavy atom. The topological polar surface area (TPSA) is 47.7 Å². The summed E-state index contributed by atoms with van der Waals surface area (Å²) in [6.07, 6.45) is 3.95. The standard InChI is InChI=1S/C12H17N5/c1-7-10-11-13-6-8-4-3-5-9(8)17(11)15-12(10)16(2)14-7/h8-9,13H,3-6H2,1-2H3. The average Bonchev–Trinajstić information content (AvgIpc) is 2.95. The highest BCUT2D eigenvalue weighted by Crippen LogP contribution is 2.42. The second-order valence-electron chi connectivity index (χ2n) is 5.34. The van der Waals surface area contributed by atoms with Crippen molar-refractivity contribution < 1.29 is 0 Å². The van der Waals surface area contributed by atoms with Crippen molar-refractivity contribution in [2.75, 3.05) is 11.9 Å². The maximum atomic E-state index is 4.77. The molecule has 1 aliphatic heterocycles. The summed E-state index contributed by atoms with van der Waals surface area (Å²) in [4.78, 5) is 0. The van der Waals surface area contributed by atoms with Crippen LogP contribution in [0.25, 0.3) is 11.0 Å². The number of hydrogen-bond donors (Lipinski definition) is 1. The van der Waals surface area contributed by atoms with Crippen molar-refractivity contribution in [2.24, 2.45) is 13.0 Å². The lowest BCUT2D eigenvalue weighted by molar-refractivity contribution is 0.348. The van der Waals surface area contributed by atoms with E-state index >= 15 is 0 Å². The summed E-state index contributed by atoms with van der Waals surface area (Å²) in [5, 5.41) is 14.0. The smallest absolute Gasteiger partial charge is 0.182 e. The van der Waals surface area contributed by atoms with Crippen LogP contribution in [0, 0.1) is 12.8 Å². The zero-order valence-electron chi connectivity index (χ0n) is 10.3. The lowest BCUT2D eigenvalue weighted by Gasteiger charge is -2.28. The van der Waals surface area contributed by atoms with Crippen LogP contribution in [0.4, 0.5) is 5.82 Å². The Hall–Kier alpha value is -1.52. The van der Waals surface area contributed by atoms with E-state index in [0.29, 0.717) is 6.04 Å². The Labute approximate surface area is 99.8 Å². The molecule has 0 aromatic carbocycles. The van der Waals surface area contributed by atoms with Crippen LogP contribution in [0.1, 0.15) is 31.0 Å². The van der Waals surface area contributed by atoms with Crippen molar-refractivity contribution in [2.45, 2.75) is 32.2 Å². The summed E-state index contributed by atoms with van der Waals surface area (Å²) >= 11 is 0. The third-order valence-electron chi connectivity index (χ3n) is 4.33. The van der Waals surface area contributed by atoms with E-state index in [4.69, 9.17) is 5.10 Å². The molecule has 1 fully saturated rings. The number of nitrogens with zero attached hydrogens (tertiary/aromatic N) is 4. The molecular weight excluding hydrogens is 214 g/mol. The lowest BCUT2D eigenvalue weighted by Crippen LogP contribution is -2.29. The van der Waals surface area contributed by atoms with Gasteiger partial charge in [0.15, 0.2) is 5.65 Å². The van der Waals surface area contributed by atoms with E-state index in [1.807, 2.05) is 11.7 Å². The van der Waals surface area contributed by atoms with Crippen LogP contribution < -0.4 is 5.32 Å². The van der Waals surface area contributed by atoms with Gasteiger partial charge in [-0.3, -0.25) is 0 Å². The van der Waals surface area contributed by atoms with Crippen molar-refractivity contribution in [1.82, 2.24) is 19.6 Å². The van der Waals surface area contributed by atoms with E-state index in [2.05, 4.69) is 22.0 Å². The third-order valence-corrected chi connectivity index (χ3v) is 4.33. The minimum Gasteiger partial charge on any atom is -0.369 e. The molecule has 2 aromatic rings. The number of aryl methyl sites for hydroxylation is 2. The Bertz CT molecular complexity index is 594. The summed E-state index contributed by atoms with van der Waals surface area (Å²) in [6.45, 7) is 3.16. The predicted molar refractivity (Wildman–Crippen MR) is 66.1 cm³/mol. The fourth-order valence-corrected chi connectivity index (χ4v) is 3.52. The molecule has 0 spiro atoms. The van der Waals surface area contributed by atoms with Crippen LogP contribution in [0.5, 0.6) is 0 Å². The highest BCUT2D eigenvalue weighted by molar-refractivity contribution is 5.90. The maximum Gasteiger partial charge on any atom is 0.182 e. The van der Waals surface area contributed by atoms with Crippen LogP contribution >= 0.6 is 0 Å². The molecule has 0 bridgehead atoms. The van der Waals surface area contributed by atoms with Crippen molar-refractivity contribution in [1.29, 1.82) is 0 Å². The minimum absolute atomic E-state index is 0.609. The molecule has 2 atom stereocenters. The zero-order chi connectivity index (χ0) is 11.6. The summed E-state index contributed by atoms with van der Waals surface area (Å²) in [6, 6.07) is 0.609. The Morgan fingerprint density at radius 3 is 3.06 bits per heavy atom. The van der Waals surface area contributed by atoms with Gasteiger partial charge in [0.05, 0.1) is 17.1 Å². The first-order chi connectivity index (χ1) is 8.25. The van der Waals surface area contributed by atoms with Crippen LogP contribution in [0.15, 0.2) is 0 Å². The molecule has 90 valence electrons. The fourth-order valence-electron chi connectivity index (χ4n) is 3.52. The van der Waals surface area contributed by atoms with E-state index in [-0.39, 0.29) is 0 Å². The number of nitrogens with one attached hydrogen (secondary N) is 1. The Morgan fingerprint density at radius 2 is 2.18 bits per heavy atom. The third kappa shape index (κ3) is 1.09. The summed E-state index contributed by atoms with van der Waals surface area (Å²) in [5.74, 6) is 1.96. The molecule has 17 heavy (non-hydrogen) atoms. The van der Waals surface area contributed by atoms with Crippen molar-refractivity contribution in [3.8, 4) is 0 Å². The quantitative estimate of drug-likeness (QED) is 0.752. The maximum absolute atomic E-state index is 4.77. The highest BCUT2D eigenvalue weighted by atomic mass is 15.4. The molecule has 0 saturated heterocycles. The monoisotopic (exact) mass is 231 g/mol. The molecule has 1 aliphatic carbocycles. The van der Waals surface area contributed by atoms with Crippen LogP contribution in [0.2, 0.25) is 0 Å². The first-order valence-electron chi connectivity index (χ1n) is 6.41. The number of aromatic nitrogens is 4. The second-order valence-corrected chi connectivity index (χ2v) is 5.34. The Kier molecular flexibility index (Phi) is 1.69. The zero-order valence-corrected chi connectivity index (χ0v) is 10.3. The number of hydrogen-bond acceptors (Lipinski definition) is 3. The van der Waals surface area contributed by atoms with E-state index in [9.17, 15) is 0 Å². The first-order valence-corrected chi connectivity index (χ1v) is 6.41. The van der Waals surface area contributed by atoms with Gasteiger partial charge in [-0.2, -0.15) is 10.2 Å². The van der Waals surface area contributed by atoms with Gasteiger partial charge in [-0.1, -0.05) is 6.42 Å². The molecule has 1 saturated carbocycles. The minimum atomic E-state index is 0.609. The van der Waals surface area contributed by atoms with Gasteiger partial charge < -0.3 is 5.32 Å². The van der Waals surface area contributed by atoms with Gasteiger partial charge in [-0.25, -0.2) is 9.36 Å². The molecule has 2 aromatic heterocycles. The molecular formula is C12H17N5. The van der Waals surface area contributed by atoms with Crippen LogP contribution in [-0.4, -0.2) is 26.1 Å². The average molecular weight is 231 g/mol. The fraction of sp³-hybridized carbons (Fsp3) is 0.667. The molecule has 5 nitrogen and oxygen atoms in total. The van der Waals surface area contributed by atoms with Gasteiger partial charge in [0.25, 0.3) is 0 Å². The summed E-state index contributed by atoms with van der Waals surface area (Å²) in [7, 11) is 1.97. The van der Waals surface area contributed by atoms with E-state index < -0.39 is 0 Å². The largest absolute Gasteiger partial charge is 0.369 e. The molecule has 2 aliphatic rings.